The minimum Gasteiger partial charge on any atom is -0.299 e. The standard InChI is InChI=1S/C11H16N2O/c1-11(2,3)10-8-9(6-5-7-14)13(4)12-10/h5-8H,1-4H3/b6-5+. The molecule has 0 bridgehead atoms. The Bertz CT molecular complexity index is 356. The molecule has 0 N–H and O–H groups in total. The van der Waals surface area contributed by atoms with E-state index in [0.29, 0.717) is 0 Å². The van der Waals surface area contributed by atoms with Crippen LogP contribution in [0, 0.1) is 0 Å². The molecule has 1 aromatic heterocycles. The van der Waals surface area contributed by atoms with Crippen molar-refractivity contribution in [3.8, 4) is 0 Å². The van der Waals surface area contributed by atoms with Crippen LogP contribution in [0.25, 0.3) is 6.08 Å². The number of carbonyl (C=O) groups excluding carboxylic acids is 1. The van der Waals surface area contributed by atoms with Gasteiger partial charge in [-0.2, -0.15) is 5.10 Å². The van der Waals surface area contributed by atoms with Gasteiger partial charge in [0.25, 0.3) is 0 Å². The average molecular weight is 192 g/mol. The lowest BCUT2D eigenvalue weighted by atomic mass is 9.92. The molecule has 0 unspecified atom stereocenters. The molecule has 0 radical (unpaired) electrons. The number of aromatic nitrogens is 2. The second-order valence-corrected chi connectivity index (χ2v) is 4.32. The van der Waals surface area contributed by atoms with Gasteiger partial charge in [0, 0.05) is 12.5 Å². The summed E-state index contributed by atoms with van der Waals surface area (Å²) < 4.78 is 1.78. The van der Waals surface area contributed by atoms with Crippen LogP contribution in [0.4, 0.5) is 0 Å². The van der Waals surface area contributed by atoms with Crippen molar-refractivity contribution in [1.29, 1.82) is 0 Å². The number of hydrogen-bond acceptors (Lipinski definition) is 2. The molecular formula is C11H16N2O. The quantitative estimate of drug-likeness (QED) is 0.530. The van der Waals surface area contributed by atoms with Crippen LogP contribution in [-0.4, -0.2) is 16.1 Å². The van der Waals surface area contributed by atoms with Crippen molar-refractivity contribution in [1.82, 2.24) is 9.78 Å². The Kier molecular flexibility index (Phi) is 2.89. The maximum absolute atomic E-state index is 10.2. The molecule has 0 aliphatic rings. The molecule has 1 rings (SSSR count). The van der Waals surface area contributed by atoms with Crippen LogP contribution in [0.1, 0.15) is 32.2 Å². The Labute approximate surface area is 84.4 Å². The third-order valence-corrected chi connectivity index (χ3v) is 2.03. The van der Waals surface area contributed by atoms with E-state index < -0.39 is 0 Å². The summed E-state index contributed by atoms with van der Waals surface area (Å²) in [5.74, 6) is 0. The summed E-state index contributed by atoms with van der Waals surface area (Å²) in [6.07, 6.45) is 4.00. The smallest absolute Gasteiger partial charge is 0.142 e. The van der Waals surface area contributed by atoms with E-state index in [1.807, 2.05) is 13.1 Å². The van der Waals surface area contributed by atoms with E-state index in [0.717, 1.165) is 17.7 Å². The van der Waals surface area contributed by atoms with E-state index in [1.165, 1.54) is 6.08 Å². The number of allylic oxidation sites excluding steroid dienone is 1. The summed E-state index contributed by atoms with van der Waals surface area (Å²) in [5.41, 5.74) is 2.03. The van der Waals surface area contributed by atoms with Crippen LogP contribution in [0.15, 0.2) is 12.1 Å². The van der Waals surface area contributed by atoms with Gasteiger partial charge >= 0.3 is 0 Å². The Morgan fingerprint density at radius 3 is 2.50 bits per heavy atom. The lowest BCUT2D eigenvalue weighted by molar-refractivity contribution is -0.104. The Morgan fingerprint density at radius 1 is 1.43 bits per heavy atom. The average Bonchev–Trinajstić information content (AvgIpc) is 2.43. The zero-order valence-corrected chi connectivity index (χ0v) is 9.11. The summed E-state index contributed by atoms with van der Waals surface area (Å²) in [5, 5.41) is 4.38. The summed E-state index contributed by atoms with van der Waals surface area (Å²) >= 11 is 0. The molecule has 0 aromatic carbocycles. The first-order valence-electron chi connectivity index (χ1n) is 4.61. The van der Waals surface area contributed by atoms with Gasteiger partial charge in [0.2, 0.25) is 0 Å². The SMILES string of the molecule is Cn1nc(C(C)(C)C)cc1/C=C/C=O. The number of rotatable bonds is 2. The minimum atomic E-state index is 0.0467. The summed E-state index contributed by atoms with van der Waals surface area (Å²) in [4.78, 5) is 10.2. The topological polar surface area (TPSA) is 34.9 Å². The Balaban J connectivity index is 3.05. The van der Waals surface area contributed by atoms with E-state index in [4.69, 9.17) is 0 Å². The van der Waals surface area contributed by atoms with Gasteiger partial charge in [0.1, 0.15) is 6.29 Å². The number of carbonyl (C=O) groups is 1. The lowest BCUT2D eigenvalue weighted by Gasteiger charge is -2.13. The van der Waals surface area contributed by atoms with Crippen LogP contribution in [0.3, 0.4) is 0 Å². The van der Waals surface area contributed by atoms with Crippen LogP contribution < -0.4 is 0 Å². The molecule has 14 heavy (non-hydrogen) atoms. The van der Waals surface area contributed by atoms with Crippen molar-refractivity contribution >= 4 is 12.4 Å². The van der Waals surface area contributed by atoms with Gasteiger partial charge in [-0.3, -0.25) is 9.48 Å². The van der Waals surface area contributed by atoms with Crippen molar-refractivity contribution in [2.24, 2.45) is 7.05 Å². The van der Waals surface area contributed by atoms with Crippen LogP contribution in [0.2, 0.25) is 0 Å². The highest BCUT2D eigenvalue weighted by atomic mass is 16.1. The number of nitrogens with zero attached hydrogens (tertiary/aromatic N) is 2. The third-order valence-electron chi connectivity index (χ3n) is 2.03. The predicted octanol–water partition coefficient (Wildman–Crippen LogP) is 1.93. The molecule has 0 atom stereocenters. The number of aldehydes is 1. The number of aryl methyl sites for hydroxylation is 1. The Morgan fingerprint density at radius 2 is 2.07 bits per heavy atom. The maximum Gasteiger partial charge on any atom is 0.142 e. The molecule has 0 fully saturated rings. The fourth-order valence-corrected chi connectivity index (χ4v) is 1.14. The molecule has 0 saturated carbocycles. The monoisotopic (exact) mass is 192 g/mol. The van der Waals surface area contributed by atoms with Crippen LogP contribution in [-0.2, 0) is 17.3 Å². The van der Waals surface area contributed by atoms with Crippen molar-refractivity contribution in [2.75, 3.05) is 0 Å². The van der Waals surface area contributed by atoms with E-state index in [-0.39, 0.29) is 5.41 Å². The summed E-state index contributed by atoms with van der Waals surface area (Å²) in [6, 6.07) is 2.00. The van der Waals surface area contributed by atoms with Crippen LogP contribution in [0.5, 0.6) is 0 Å². The van der Waals surface area contributed by atoms with Crippen molar-refractivity contribution < 1.29 is 4.79 Å². The van der Waals surface area contributed by atoms with Gasteiger partial charge in [0.05, 0.1) is 11.4 Å². The fourth-order valence-electron chi connectivity index (χ4n) is 1.14. The lowest BCUT2D eigenvalue weighted by Crippen LogP contribution is -2.12. The minimum absolute atomic E-state index is 0.0467. The molecule has 1 heterocycles. The Hall–Kier alpha value is -1.38. The number of hydrogen-bond donors (Lipinski definition) is 0. The molecule has 0 spiro atoms. The van der Waals surface area contributed by atoms with Crippen molar-refractivity contribution in [3.05, 3.63) is 23.5 Å². The summed E-state index contributed by atoms with van der Waals surface area (Å²) in [7, 11) is 1.87. The molecule has 3 heteroatoms. The van der Waals surface area contributed by atoms with Gasteiger partial charge in [0.15, 0.2) is 0 Å². The van der Waals surface area contributed by atoms with Gasteiger partial charge in [-0.05, 0) is 18.2 Å². The molecule has 0 amide bonds. The van der Waals surface area contributed by atoms with Gasteiger partial charge in [-0.25, -0.2) is 0 Å². The molecule has 76 valence electrons. The fraction of sp³-hybridized carbons (Fsp3) is 0.455. The first-order valence-corrected chi connectivity index (χ1v) is 4.61. The molecule has 0 aliphatic heterocycles. The third kappa shape index (κ3) is 2.31. The molecule has 3 nitrogen and oxygen atoms in total. The highest BCUT2D eigenvalue weighted by Crippen LogP contribution is 2.21. The molecule has 1 aromatic rings. The zero-order valence-electron chi connectivity index (χ0n) is 9.11. The van der Waals surface area contributed by atoms with Crippen LogP contribution >= 0.6 is 0 Å². The second-order valence-electron chi connectivity index (χ2n) is 4.32. The first kappa shape index (κ1) is 10.7. The van der Waals surface area contributed by atoms with E-state index in [9.17, 15) is 4.79 Å². The molecule has 0 aliphatic carbocycles. The van der Waals surface area contributed by atoms with Gasteiger partial charge in [-0.15, -0.1) is 0 Å². The highest BCUT2D eigenvalue weighted by Gasteiger charge is 2.17. The van der Waals surface area contributed by atoms with E-state index >= 15 is 0 Å². The highest BCUT2D eigenvalue weighted by molar-refractivity contribution is 5.73. The van der Waals surface area contributed by atoms with Crippen molar-refractivity contribution in [2.45, 2.75) is 26.2 Å². The maximum atomic E-state index is 10.2. The predicted molar refractivity (Wildman–Crippen MR) is 57.0 cm³/mol. The largest absolute Gasteiger partial charge is 0.299 e. The normalized spacial score (nSPS) is 12.3. The second kappa shape index (κ2) is 3.78. The van der Waals surface area contributed by atoms with Gasteiger partial charge in [-0.1, -0.05) is 20.8 Å². The first-order chi connectivity index (χ1) is 6.45. The zero-order chi connectivity index (χ0) is 10.8. The molecule has 0 saturated heterocycles. The summed E-state index contributed by atoms with van der Waals surface area (Å²) in [6.45, 7) is 6.34. The molecular weight excluding hydrogens is 176 g/mol. The van der Waals surface area contributed by atoms with Gasteiger partial charge < -0.3 is 0 Å². The van der Waals surface area contributed by atoms with Crippen molar-refractivity contribution in [3.63, 3.8) is 0 Å². The van der Waals surface area contributed by atoms with E-state index in [1.54, 1.807) is 10.8 Å². The van der Waals surface area contributed by atoms with E-state index in [2.05, 4.69) is 25.9 Å².